The zero-order valence-electron chi connectivity index (χ0n) is 17.2. The normalized spacial score (nSPS) is 15.0. The smallest absolute Gasteiger partial charge is 0.149 e. The average Bonchev–Trinajstić information content (AvgIpc) is 2.76. The van der Waals surface area contributed by atoms with Gasteiger partial charge in [-0.2, -0.15) is 0 Å². The van der Waals surface area contributed by atoms with E-state index in [1.165, 1.54) is 12.1 Å². The van der Waals surface area contributed by atoms with E-state index in [4.69, 9.17) is 4.74 Å². The third kappa shape index (κ3) is 4.94. The molecule has 2 aromatic heterocycles. The second-order valence-electron chi connectivity index (χ2n) is 7.60. The molecule has 0 aliphatic carbocycles. The third-order valence-electron chi connectivity index (χ3n) is 5.37. The van der Waals surface area contributed by atoms with Gasteiger partial charge in [-0.05, 0) is 42.3 Å². The summed E-state index contributed by atoms with van der Waals surface area (Å²) in [7, 11) is 0. The molecule has 31 heavy (non-hydrogen) atoms. The van der Waals surface area contributed by atoms with Crippen LogP contribution in [0.4, 0.5) is 14.6 Å². The highest BCUT2D eigenvalue weighted by Gasteiger charge is 2.27. The Bertz CT molecular complexity index is 1070. The van der Waals surface area contributed by atoms with E-state index in [9.17, 15) is 13.6 Å². The molecule has 1 fully saturated rings. The molecule has 160 valence electrons. The van der Waals surface area contributed by atoms with Gasteiger partial charge in [-0.3, -0.25) is 9.78 Å². The summed E-state index contributed by atoms with van der Waals surface area (Å²) in [4.78, 5) is 24.1. The van der Waals surface area contributed by atoms with Crippen molar-refractivity contribution in [3.05, 3.63) is 88.9 Å². The van der Waals surface area contributed by atoms with Gasteiger partial charge in [-0.1, -0.05) is 12.1 Å². The number of benzene rings is 1. The van der Waals surface area contributed by atoms with E-state index in [-0.39, 0.29) is 17.8 Å². The minimum Gasteiger partial charge on any atom is -0.378 e. The van der Waals surface area contributed by atoms with Crippen LogP contribution in [0.2, 0.25) is 0 Å². The summed E-state index contributed by atoms with van der Waals surface area (Å²) >= 11 is 0. The van der Waals surface area contributed by atoms with E-state index in [0.29, 0.717) is 18.8 Å². The molecule has 3 aromatic rings. The maximum atomic E-state index is 14.7. The SMILES string of the molecule is Cc1cc(CC(=O)C(c2ccc(N3CCOCC3)nc2)c2ccc(F)cc2F)ccn1. The number of anilines is 1. The van der Waals surface area contributed by atoms with Gasteiger partial charge in [-0.15, -0.1) is 0 Å². The van der Waals surface area contributed by atoms with Gasteiger partial charge in [0.05, 0.1) is 19.1 Å². The van der Waals surface area contributed by atoms with Crippen LogP contribution in [-0.4, -0.2) is 42.1 Å². The zero-order chi connectivity index (χ0) is 21.8. The lowest BCUT2D eigenvalue weighted by Crippen LogP contribution is -2.36. The molecular formula is C24H23F2N3O2. The summed E-state index contributed by atoms with van der Waals surface area (Å²) in [5.74, 6) is -1.74. The van der Waals surface area contributed by atoms with Gasteiger partial charge in [0, 0.05) is 49.2 Å². The second kappa shape index (κ2) is 9.31. The van der Waals surface area contributed by atoms with Crippen molar-refractivity contribution in [2.45, 2.75) is 19.3 Å². The number of hydrogen-bond donors (Lipinski definition) is 0. The highest BCUT2D eigenvalue weighted by atomic mass is 19.1. The first kappa shape index (κ1) is 21.1. The van der Waals surface area contributed by atoms with Gasteiger partial charge in [0.25, 0.3) is 0 Å². The van der Waals surface area contributed by atoms with Crippen LogP contribution in [-0.2, 0) is 16.0 Å². The molecule has 0 amide bonds. The molecule has 1 unspecified atom stereocenters. The molecule has 0 radical (unpaired) electrons. The van der Waals surface area contributed by atoms with Crippen LogP contribution in [0.15, 0.2) is 54.9 Å². The fraction of sp³-hybridized carbons (Fsp3) is 0.292. The lowest BCUT2D eigenvalue weighted by atomic mass is 9.85. The molecule has 3 heterocycles. The number of ketones is 1. The average molecular weight is 423 g/mol. The van der Waals surface area contributed by atoms with E-state index >= 15 is 0 Å². The third-order valence-corrected chi connectivity index (χ3v) is 5.37. The van der Waals surface area contributed by atoms with Crippen LogP contribution in [0.1, 0.15) is 28.3 Å². The van der Waals surface area contributed by atoms with Crippen LogP contribution in [0, 0.1) is 18.6 Å². The second-order valence-corrected chi connectivity index (χ2v) is 7.60. The number of nitrogens with zero attached hydrogens (tertiary/aromatic N) is 3. The molecule has 1 aliphatic rings. The number of hydrogen-bond acceptors (Lipinski definition) is 5. The van der Waals surface area contributed by atoms with E-state index < -0.39 is 17.6 Å². The van der Waals surface area contributed by atoms with Crippen molar-refractivity contribution in [2.24, 2.45) is 0 Å². The molecule has 4 rings (SSSR count). The van der Waals surface area contributed by atoms with Gasteiger partial charge in [0.15, 0.2) is 0 Å². The fourth-order valence-corrected chi connectivity index (χ4v) is 3.84. The largest absolute Gasteiger partial charge is 0.378 e. The van der Waals surface area contributed by atoms with Crippen molar-refractivity contribution in [3.63, 3.8) is 0 Å². The number of pyridine rings is 2. The Balaban J connectivity index is 1.67. The summed E-state index contributed by atoms with van der Waals surface area (Å²) in [5.41, 5.74) is 2.30. The van der Waals surface area contributed by atoms with E-state index in [1.54, 1.807) is 24.5 Å². The van der Waals surface area contributed by atoms with Crippen molar-refractivity contribution in [1.29, 1.82) is 0 Å². The van der Waals surface area contributed by atoms with Crippen molar-refractivity contribution in [1.82, 2.24) is 9.97 Å². The van der Waals surface area contributed by atoms with Crippen molar-refractivity contribution in [2.75, 3.05) is 31.2 Å². The molecular weight excluding hydrogens is 400 g/mol. The van der Waals surface area contributed by atoms with E-state index in [1.807, 2.05) is 19.1 Å². The van der Waals surface area contributed by atoms with Crippen LogP contribution >= 0.6 is 0 Å². The Morgan fingerprint density at radius 2 is 1.90 bits per heavy atom. The van der Waals surface area contributed by atoms with E-state index in [2.05, 4.69) is 14.9 Å². The summed E-state index contributed by atoms with van der Waals surface area (Å²) < 4.78 is 33.5. The summed E-state index contributed by atoms with van der Waals surface area (Å²) in [6.45, 7) is 4.60. The molecule has 1 atom stereocenters. The minimum absolute atomic E-state index is 0.107. The summed E-state index contributed by atoms with van der Waals surface area (Å²) in [6.07, 6.45) is 3.36. The minimum atomic E-state index is -0.889. The molecule has 1 aliphatic heterocycles. The number of morpholine rings is 1. The van der Waals surface area contributed by atoms with Crippen molar-refractivity contribution in [3.8, 4) is 0 Å². The monoisotopic (exact) mass is 423 g/mol. The molecule has 1 saturated heterocycles. The van der Waals surface area contributed by atoms with Gasteiger partial charge in [0.2, 0.25) is 0 Å². The highest BCUT2D eigenvalue weighted by molar-refractivity contribution is 5.90. The predicted octanol–water partition coefficient (Wildman–Crippen LogP) is 3.84. The van der Waals surface area contributed by atoms with Crippen molar-refractivity contribution < 1.29 is 18.3 Å². The van der Waals surface area contributed by atoms with Gasteiger partial charge in [-0.25, -0.2) is 13.8 Å². The number of rotatable bonds is 6. The Morgan fingerprint density at radius 3 is 2.58 bits per heavy atom. The molecule has 7 heteroatoms. The van der Waals surface area contributed by atoms with Crippen LogP contribution in [0.25, 0.3) is 0 Å². The first-order valence-electron chi connectivity index (χ1n) is 10.2. The molecule has 0 bridgehead atoms. The zero-order valence-corrected chi connectivity index (χ0v) is 17.2. The van der Waals surface area contributed by atoms with Gasteiger partial charge < -0.3 is 9.64 Å². The quantitative estimate of drug-likeness (QED) is 0.603. The van der Waals surface area contributed by atoms with Crippen molar-refractivity contribution >= 4 is 11.6 Å². The first-order chi connectivity index (χ1) is 15.0. The lowest BCUT2D eigenvalue weighted by molar-refractivity contribution is -0.119. The standard InChI is InChI=1S/C24H23F2N3O2/c1-16-12-17(6-7-27-16)13-22(30)24(20-4-3-19(25)14-21(20)26)18-2-5-23(28-15-18)29-8-10-31-11-9-29/h2-7,12,14-15,24H,8-11,13H2,1H3. The summed E-state index contributed by atoms with van der Waals surface area (Å²) in [5, 5.41) is 0. The maximum absolute atomic E-state index is 14.7. The van der Waals surface area contributed by atoms with Crippen LogP contribution in [0.3, 0.4) is 0 Å². The first-order valence-corrected chi connectivity index (χ1v) is 10.2. The summed E-state index contributed by atoms with van der Waals surface area (Å²) in [6, 6.07) is 10.5. The Hall–Kier alpha value is -3.19. The molecule has 5 nitrogen and oxygen atoms in total. The fourth-order valence-electron chi connectivity index (χ4n) is 3.84. The topological polar surface area (TPSA) is 55.3 Å². The van der Waals surface area contributed by atoms with Crippen LogP contribution < -0.4 is 4.90 Å². The molecule has 0 N–H and O–H groups in total. The predicted molar refractivity (Wildman–Crippen MR) is 113 cm³/mol. The Morgan fingerprint density at radius 1 is 1.10 bits per heavy atom. The number of carbonyl (C=O) groups is 1. The number of aromatic nitrogens is 2. The van der Waals surface area contributed by atoms with Crippen LogP contribution in [0.5, 0.6) is 0 Å². The van der Waals surface area contributed by atoms with E-state index in [0.717, 1.165) is 36.2 Å². The highest BCUT2D eigenvalue weighted by Crippen LogP contribution is 2.30. The maximum Gasteiger partial charge on any atom is 0.149 e. The lowest BCUT2D eigenvalue weighted by Gasteiger charge is -2.28. The molecule has 0 saturated carbocycles. The number of aryl methyl sites for hydroxylation is 1. The Kier molecular flexibility index (Phi) is 6.32. The molecule has 1 aromatic carbocycles. The van der Waals surface area contributed by atoms with Gasteiger partial charge >= 0.3 is 0 Å². The Labute approximate surface area is 179 Å². The molecule has 0 spiro atoms. The number of ether oxygens (including phenoxy) is 1. The number of carbonyl (C=O) groups excluding carboxylic acids is 1. The number of Topliss-reactive ketones (excluding diaryl/α,β-unsaturated/α-hetero) is 1. The number of halogens is 2. The van der Waals surface area contributed by atoms with Gasteiger partial charge in [0.1, 0.15) is 23.2 Å².